The Hall–Kier alpha value is -0.680. The second-order valence-electron chi connectivity index (χ2n) is 5.51. The summed E-state index contributed by atoms with van der Waals surface area (Å²) in [4.78, 5) is 15.1. The van der Waals surface area contributed by atoms with E-state index < -0.39 is 5.41 Å². The van der Waals surface area contributed by atoms with Gasteiger partial charge in [0.1, 0.15) is 0 Å². The fourth-order valence-electron chi connectivity index (χ4n) is 2.84. The van der Waals surface area contributed by atoms with E-state index in [2.05, 4.69) is 24.1 Å². The zero-order valence-electron chi connectivity index (χ0n) is 12.4. The molecule has 0 spiro atoms. The van der Waals surface area contributed by atoms with E-state index in [1.54, 1.807) is 0 Å². The largest absolute Gasteiger partial charge is 0.392 e. The molecule has 1 aliphatic rings. The molecule has 0 heterocycles. The van der Waals surface area contributed by atoms with Gasteiger partial charge in [-0.05, 0) is 32.9 Å². The predicted octanol–water partition coefficient (Wildman–Crippen LogP) is 1.68. The first-order valence-corrected chi connectivity index (χ1v) is 7.70. The maximum atomic E-state index is 12.5. The summed E-state index contributed by atoms with van der Waals surface area (Å²) < 4.78 is 0. The summed E-state index contributed by atoms with van der Waals surface area (Å²) in [5.74, 6) is 0.0251. The maximum Gasteiger partial charge on any atom is 0.233 e. The van der Waals surface area contributed by atoms with Crippen LogP contribution in [0.4, 0.5) is 0 Å². The van der Waals surface area contributed by atoms with Crippen LogP contribution in [0.1, 0.15) is 46.5 Å². The van der Waals surface area contributed by atoms with Gasteiger partial charge in [-0.15, -0.1) is 0 Å². The highest BCUT2D eigenvalue weighted by Crippen LogP contribution is 2.38. The van der Waals surface area contributed by atoms with Crippen LogP contribution in [0, 0.1) is 5.41 Å². The van der Waals surface area contributed by atoms with Crippen molar-refractivity contribution in [1.29, 1.82) is 0 Å². The summed E-state index contributed by atoms with van der Waals surface area (Å²) >= 11 is 5.14. The summed E-state index contributed by atoms with van der Waals surface area (Å²) in [6, 6.07) is 0.124. The predicted molar refractivity (Wildman–Crippen MR) is 83.1 cm³/mol. The lowest BCUT2D eigenvalue weighted by Crippen LogP contribution is -2.51. The molecular weight excluding hydrogens is 258 g/mol. The number of carbonyl (C=O) groups excluding carboxylic acids is 1. The van der Waals surface area contributed by atoms with Gasteiger partial charge in [-0.3, -0.25) is 4.79 Å². The van der Waals surface area contributed by atoms with E-state index in [4.69, 9.17) is 18.0 Å². The first-order valence-electron chi connectivity index (χ1n) is 7.29. The fourth-order valence-corrected chi connectivity index (χ4v) is 3.14. The van der Waals surface area contributed by atoms with Gasteiger partial charge in [0.25, 0.3) is 0 Å². The van der Waals surface area contributed by atoms with Crippen LogP contribution in [0.25, 0.3) is 0 Å². The Balaban J connectivity index is 2.60. The molecule has 0 saturated heterocycles. The van der Waals surface area contributed by atoms with Gasteiger partial charge in [-0.2, -0.15) is 0 Å². The average molecular weight is 285 g/mol. The van der Waals surface area contributed by atoms with Crippen LogP contribution in [-0.4, -0.2) is 41.5 Å². The van der Waals surface area contributed by atoms with Gasteiger partial charge in [0.15, 0.2) is 0 Å². The van der Waals surface area contributed by atoms with E-state index in [1.165, 1.54) is 0 Å². The van der Waals surface area contributed by atoms with Gasteiger partial charge < -0.3 is 16.0 Å². The number of hydrogen-bond acceptors (Lipinski definition) is 3. The number of carbonyl (C=O) groups is 1. The van der Waals surface area contributed by atoms with Gasteiger partial charge >= 0.3 is 0 Å². The third-order valence-electron chi connectivity index (χ3n) is 4.17. The summed E-state index contributed by atoms with van der Waals surface area (Å²) in [6.45, 7) is 9.16. The Morgan fingerprint density at radius 1 is 1.37 bits per heavy atom. The van der Waals surface area contributed by atoms with Crippen molar-refractivity contribution in [2.45, 2.75) is 52.5 Å². The lowest BCUT2D eigenvalue weighted by atomic mass is 9.85. The molecule has 1 rings (SSSR count). The topological polar surface area (TPSA) is 58.4 Å². The van der Waals surface area contributed by atoms with E-state index in [0.29, 0.717) is 4.99 Å². The van der Waals surface area contributed by atoms with Crippen molar-refractivity contribution in [3.05, 3.63) is 0 Å². The SMILES string of the molecule is CCN(CC)CC(C)NC(=O)C1(C(N)=S)CCCC1. The Kier molecular flexibility index (Phi) is 6.20. The summed E-state index contributed by atoms with van der Waals surface area (Å²) in [5, 5.41) is 3.10. The molecule has 1 fully saturated rings. The third-order valence-corrected chi connectivity index (χ3v) is 4.56. The van der Waals surface area contributed by atoms with Gasteiger partial charge in [-0.25, -0.2) is 0 Å². The van der Waals surface area contributed by atoms with Crippen LogP contribution in [-0.2, 0) is 4.79 Å². The van der Waals surface area contributed by atoms with Crippen molar-refractivity contribution in [3.63, 3.8) is 0 Å². The highest BCUT2D eigenvalue weighted by Gasteiger charge is 2.44. The zero-order valence-corrected chi connectivity index (χ0v) is 13.2. The zero-order chi connectivity index (χ0) is 14.5. The standard InChI is InChI=1S/C14H27N3OS/c1-4-17(5-2)10-11(3)16-13(18)14(12(15)19)8-6-7-9-14/h11H,4-10H2,1-3H3,(H2,15,19)(H,16,18). The van der Waals surface area contributed by atoms with Crippen LogP contribution in [0.3, 0.4) is 0 Å². The van der Waals surface area contributed by atoms with Gasteiger partial charge in [0, 0.05) is 12.6 Å². The molecule has 0 aromatic heterocycles. The Morgan fingerprint density at radius 3 is 2.32 bits per heavy atom. The molecule has 1 unspecified atom stereocenters. The van der Waals surface area contributed by atoms with Crippen molar-refractivity contribution < 1.29 is 4.79 Å². The van der Waals surface area contributed by atoms with Crippen molar-refractivity contribution >= 4 is 23.1 Å². The lowest BCUT2D eigenvalue weighted by molar-refractivity contribution is -0.128. The summed E-state index contributed by atoms with van der Waals surface area (Å²) in [7, 11) is 0. The average Bonchev–Trinajstić information content (AvgIpc) is 2.86. The second kappa shape index (κ2) is 7.20. The normalized spacial score (nSPS) is 19.4. The first kappa shape index (κ1) is 16.4. The van der Waals surface area contributed by atoms with Crippen molar-refractivity contribution in [2.75, 3.05) is 19.6 Å². The molecule has 1 atom stereocenters. The van der Waals surface area contributed by atoms with E-state index in [1.807, 2.05) is 6.92 Å². The minimum Gasteiger partial charge on any atom is -0.392 e. The third kappa shape index (κ3) is 3.89. The monoisotopic (exact) mass is 285 g/mol. The van der Waals surface area contributed by atoms with Crippen molar-refractivity contribution in [2.24, 2.45) is 11.1 Å². The molecule has 0 aromatic rings. The fraction of sp³-hybridized carbons (Fsp3) is 0.857. The van der Waals surface area contributed by atoms with Crippen molar-refractivity contribution in [1.82, 2.24) is 10.2 Å². The summed E-state index contributed by atoms with van der Waals surface area (Å²) in [6.07, 6.45) is 3.67. The van der Waals surface area contributed by atoms with E-state index >= 15 is 0 Å². The number of rotatable bonds is 7. The number of amides is 1. The Bertz CT molecular complexity index is 323. The highest BCUT2D eigenvalue weighted by atomic mass is 32.1. The van der Waals surface area contributed by atoms with Gasteiger partial charge in [0.05, 0.1) is 10.4 Å². The molecule has 0 radical (unpaired) electrons. The van der Waals surface area contributed by atoms with Gasteiger partial charge in [-0.1, -0.05) is 38.9 Å². The van der Waals surface area contributed by atoms with Crippen LogP contribution >= 0.6 is 12.2 Å². The van der Waals surface area contributed by atoms with E-state index in [9.17, 15) is 4.79 Å². The Morgan fingerprint density at radius 2 is 1.89 bits per heavy atom. The number of thiocarbonyl (C=S) groups is 1. The molecule has 3 N–H and O–H groups in total. The molecule has 1 aliphatic carbocycles. The Labute approximate surface area is 122 Å². The van der Waals surface area contributed by atoms with Crippen LogP contribution < -0.4 is 11.1 Å². The second-order valence-corrected chi connectivity index (χ2v) is 5.95. The summed E-state index contributed by atoms with van der Waals surface area (Å²) in [5.41, 5.74) is 5.23. The maximum absolute atomic E-state index is 12.5. The lowest BCUT2D eigenvalue weighted by Gasteiger charge is -2.30. The van der Waals surface area contributed by atoms with Crippen LogP contribution in [0.15, 0.2) is 0 Å². The molecule has 19 heavy (non-hydrogen) atoms. The molecule has 1 amide bonds. The minimum atomic E-state index is -0.590. The van der Waals surface area contributed by atoms with E-state index in [0.717, 1.165) is 45.3 Å². The number of nitrogens with zero attached hydrogens (tertiary/aromatic N) is 1. The molecule has 110 valence electrons. The minimum absolute atomic E-state index is 0.0251. The van der Waals surface area contributed by atoms with Crippen molar-refractivity contribution in [3.8, 4) is 0 Å². The van der Waals surface area contributed by atoms with Gasteiger partial charge in [0.2, 0.25) is 5.91 Å². The number of nitrogens with two attached hydrogens (primary N) is 1. The molecule has 0 aromatic carbocycles. The molecule has 4 nitrogen and oxygen atoms in total. The van der Waals surface area contributed by atoms with Crippen LogP contribution in [0.2, 0.25) is 0 Å². The quantitative estimate of drug-likeness (QED) is 0.699. The molecular formula is C14H27N3OS. The van der Waals surface area contributed by atoms with Crippen LogP contribution in [0.5, 0.6) is 0 Å². The highest BCUT2D eigenvalue weighted by molar-refractivity contribution is 7.80. The molecule has 0 bridgehead atoms. The molecule has 1 saturated carbocycles. The number of nitrogens with one attached hydrogen (secondary N) is 1. The first-order chi connectivity index (χ1) is 8.96. The molecule has 5 heteroatoms. The van der Waals surface area contributed by atoms with E-state index in [-0.39, 0.29) is 11.9 Å². The number of likely N-dealkylation sites (N-methyl/N-ethyl adjacent to an activating group) is 1. The smallest absolute Gasteiger partial charge is 0.233 e. The number of hydrogen-bond donors (Lipinski definition) is 2. The molecule has 0 aliphatic heterocycles.